The molecule has 5 heteroatoms. The molecule has 1 atom stereocenters. The van der Waals surface area contributed by atoms with Gasteiger partial charge < -0.3 is 15.0 Å². The number of likely N-dealkylation sites (tertiary alicyclic amines) is 1. The van der Waals surface area contributed by atoms with Crippen LogP contribution in [0, 0.1) is 5.92 Å². The van der Waals surface area contributed by atoms with E-state index < -0.39 is 0 Å². The minimum Gasteiger partial charge on any atom is -0.497 e. The Hall–Kier alpha value is -2.56. The van der Waals surface area contributed by atoms with Gasteiger partial charge in [0.2, 0.25) is 0 Å². The summed E-state index contributed by atoms with van der Waals surface area (Å²) in [6, 6.07) is 14.1. The molecule has 25 heavy (non-hydrogen) atoms. The number of carbonyl (C=O) groups excluding carboxylic acids is 1. The number of hydrogen-bond donors (Lipinski definition) is 1. The summed E-state index contributed by atoms with van der Waals surface area (Å²) in [7, 11) is 1.68. The number of carbonyl (C=O) groups is 1. The van der Waals surface area contributed by atoms with Gasteiger partial charge in [-0.25, -0.2) is 4.79 Å². The van der Waals surface area contributed by atoms with Gasteiger partial charge in [-0.3, -0.25) is 4.98 Å². The van der Waals surface area contributed by atoms with Gasteiger partial charge in [0.1, 0.15) is 5.75 Å². The molecule has 1 fully saturated rings. The fourth-order valence-electron chi connectivity index (χ4n) is 3.23. The Morgan fingerprint density at radius 1 is 1.28 bits per heavy atom. The number of nitrogens with one attached hydrogen (secondary N) is 1. The van der Waals surface area contributed by atoms with Crippen molar-refractivity contribution in [2.45, 2.75) is 19.3 Å². The van der Waals surface area contributed by atoms with Gasteiger partial charge in [0.15, 0.2) is 0 Å². The molecule has 1 N–H and O–H groups in total. The molecule has 0 aliphatic carbocycles. The average molecular weight is 339 g/mol. The normalized spacial score (nSPS) is 16.7. The number of benzene rings is 1. The molecule has 0 saturated carbocycles. The van der Waals surface area contributed by atoms with Crippen molar-refractivity contribution < 1.29 is 9.53 Å². The van der Waals surface area contributed by atoms with E-state index in [2.05, 4.69) is 22.4 Å². The van der Waals surface area contributed by atoms with Crippen molar-refractivity contribution in [2.24, 2.45) is 5.92 Å². The van der Waals surface area contributed by atoms with E-state index in [0.29, 0.717) is 12.5 Å². The second-order valence-corrected chi connectivity index (χ2v) is 6.46. The van der Waals surface area contributed by atoms with Crippen LogP contribution in [0.4, 0.5) is 4.79 Å². The molecular formula is C20H25N3O2. The predicted octanol–water partition coefficient (Wildman–Crippen LogP) is 2.91. The lowest BCUT2D eigenvalue weighted by Gasteiger charge is -2.17. The van der Waals surface area contributed by atoms with Gasteiger partial charge in [-0.05, 0) is 48.6 Å². The number of hydrogen-bond acceptors (Lipinski definition) is 3. The Kier molecular flexibility index (Phi) is 5.88. The zero-order valence-electron chi connectivity index (χ0n) is 14.6. The van der Waals surface area contributed by atoms with Crippen molar-refractivity contribution in [1.82, 2.24) is 15.2 Å². The minimum absolute atomic E-state index is 0.0353. The van der Waals surface area contributed by atoms with Crippen LogP contribution in [0.5, 0.6) is 5.75 Å². The van der Waals surface area contributed by atoms with Crippen molar-refractivity contribution in [2.75, 3.05) is 26.7 Å². The molecule has 2 heterocycles. The number of amides is 2. The van der Waals surface area contributed by atoms with Gasteiger partial charge in [-0.2, -0.15) is 0 Å². The minimum atomic E-state index is 0.0353. The fraction of sp³-hybridized carbons (Fsp3) is 0.400. The Bertz CT molecular complexity index is 673. The van der Waals surface area contributed by atoms with Crippen LogP contribution in [0.15, 0.2) is 48.7 Å². The molecular weight excluding hydrogens is 314 g/mol. The Balaban J connectivity index is 1.41. The van der Waals surface area contributed by atoms with Crippen LogP contribution in [0.25, 0.3) is 0 Å². The van der Waals surface area contributed by atoms with Gasteiger partial charge in [-0.15, -0.1) is 0 Å². The second kappa shape index (κ2) is 8.51. The molecule has 0 bridgehead atoms. The second-order valence-electron chi connectivity index (χ2n) is 6.46. The molecule has 0 spiro atoms. The van der Waals surface area contributed by atoms with Gasteiger partial charge >= 0.3 is 6.03 Å². The van der Waals surface area contributed by atoms with E-state index in [0.717, 1.165) is 43.8 Å². The van der Waals surface area contributed by atoms with Gasteiger partial charge in [0.25, 0.3) is 0 Å². The average Bonchev–Trinajstić information content (AvgIpc) is 3.12. The van der Waals surface area contributed by atoms with E-state index in [-0.39, 0.29) is 6.03 Å². The summed E-state index contributed by atoms with van der Waals surface area (Å²) >= 11 is 0. The summed E-state index contributed by atoms with van der Waals surface area (Å²) in [5.74, 6) is 1.40. The summed E-state index contributed by atoms with van der Waals surface area (Å²) in [4.78, 5) is 18.5. The highest BCUT2D eigenvalue weighted by molar-refractivity contribution is 5.74. The standard InChI is InChI=1S/C20H25N3O2/c1-25-19-7-5-16(6-8-19)14-17-10-13-23(15-17)20(24)22-12-9-18-4-2-3-11-21-18/h2-8,11,17H,9-10,12-15H2,1H3,(H,22,24). The van der Waals surface area contributed by atoms with Crippen LogP contribution in [0.2, 0.25) is 0 Å². The first-order valence-corrected chi connectivity index (χ1v) is 8.80. The third-order valence-corrected chi connectivity index (χ3v) is 4.64. The zero-order valence-corrected chi connectivity index (χ0v) is 14.6. The van der Waals surface area contributed by atoms with Crippen molar-refractivity contribution in [3.8, 4) is 5.75 Å². The molecule has 3 rings (SSSR count). The van der Waals surface area contributed by atoms with Crippen LogP contribution in [0.3, 0.4) is 0 Å². The maximum absolute atomic E-state index is 12.3. The number of ether oxygens (including phenoxy) is 1. The topological polar surface area (TPSA) is 54.5 Å². The summed E-state index contributed by atoms with van der Waals surface area (Å²) in [6.07, 6.45) is 4.60. The highest BCUT2D eigenvalue weighted by Crippen LogP contribution is 2.22. The third kappa shape index (κ3) is 4.95. The predicted molar refractivity (Wildman–Crippen MR) is 97.7 cm³/mol. The lowest BCUT2D eigenvalue weighted by atomic mass is 9.99. The van der Waals surface area contributed by atoms with Crippen LogP contribution < -0.4 is 10.1 Å². The quantitative estimate of drug-likeness (QED) is 0.880. The fourth-order valence-corrected chi connectivity index (χ4v) is 3.23. The maximum atomic E-state index is 12.3. The molecule has 2 aromatic rings. The maximum Gasteiger partial charge on any atom is 0.317 e. The van der Waals surface area contributed by atoms with Crippen molar-refractivity contribution in [3.63, 3.8) is 0 Å². The molecule has 5 nitrogen and oxygen atoms in total. The molecule has 2 amide bonds. The summed E-state index contributed by atoms with van der Waals surface area (Å²) in [6.45, 7) is 2.27. The first kappa shape index (κ1) is 17.3. The highest BCUT2D eigenvalue weighted by Gasteiger charge is 2.26. The first-order valence-electron chi connectivity index (χ1n) is 8.80. The highest BCUT2D eigenvalue weighted by atomic mass is 16.5. The molecule has 132 valence electrons. The third-order valence-electron chi connectivity index (χ3n) is 4.64. The van der Waals surface area contributed by atoms with E-state index in [1.54, 1.807) is 13.3 Å². The molecule has 0 radical (unpaired) electrons. The molecule has 1 aromatic heterocycles. The van der Waals surface area contributed by atoms with Crippen LogP contribution in [-0.2, 0) is 12.8 Å². The largest absolute Gasteiger partial charge is 0.497 e. The Labute approximate surface area is 149 Å². The Morgan fingerprint density at radius 3 is 2.84 bits per heavy atom. The summed E-state index contributed by atoms with van der Waals surface area (Å²) < 4.78 is 5.19. The first-order chi connectivity index (χ1) is 12.2. The van der Waals surface area contributed by atoms with Gasteiger partial charge in [0, 0.05) is 37.9 Å². The summed E-state index contributed by atoms with van der Waals surface area (Å²) in [5, 5.41) is 3.00. The van der Waals surface area contributed by atoms with Crippen LogP contribution >= 0.6 is 0 Å². The lowest BCUT2D eigenvalue weighted by molar-refractivity contribution is 0.207. The monoisotopic (exact) mass is 339 g/mol. The molecule has 1 saturated heterocycles. The van der Waals surface area contributed by atoms with E-state index in [1.807, 2.05) is 35.2 Å². The SMILES string of the molecule is COc1ccc(CC2CCN(C(=O)NCCc3ccccn3)C2)cc1. The number of aromatic nitrogens is 1. The molecule has 1 aromatic carbocycles. The molecule has 1 aliphatic heterocycles. The van der Waals surface area contributed by atoms with E-state index >= 15 is 0 Å². The van der Waals surface area contributed by atoms with Crippen molar-refractivity contribution in [1.29, 1.82) is 0 Å². The van der Waals surface area contributed by atoms with E-state index in [1.165, 1.54) is 5.56 Å². The van der Waals surface area contributed by atoms with E-state index in [4.69, 9.17) is 4.74 Å². The van der Waals surface area contributed by atoms with Crippen molar-refractivity contribution >= 4 is 6.03 Å². The number of urea groups is 1. The van der Waals surface area contributed by atoms with Gasteiger partial charge in [-0.1, -0.05) is 18.2 Å². The van der Waals surface area contributed by atoms with Crippen LogP contribution in [-0.4, -0.2) is 42.7 Å². The molecule has 1 unspecified atom stereocenters. The van der Waals surface area contributed by atoms with E-state index in [9.17, 15) is 4.79 Å². The summed E-state index contributed by atoms with van der Waals surface area (Å²) in [5.41, 5.74) is 2.30. The lowest BCUT2D eigenvalue weighted by Crippen LogP contribution is -2.39. The smallest absolute Gasteiger partial charge is 0.317 e. The zero-order chi connectivity index (χ0) is 17.5. The number of pyridine rings is 1. The number of methoxy groups -OCH3 is 1. The van der Waals surface area contributed by atoms with Crippen molar-refractivity contribution in [3.05, 3.63) is 59.9 Å². The number of nitrogens with zero attached hydrogens (tertiary/aromatic N) is 2. The Morgan fingerprint density at radius 2 is 2.12 bits per heavy atom. The molecule has 1 aliphatic rings. The van der Waals surface area contributed by atoms with Gasteiger partial charge in [0.05, 0.1) is 7.11 Å². The number of rotatable bonds is 6. The van der Waals surface area contributed by atoms with Crippen LogP contribution in [0.1, 0.15) is 17.7 Å².